The molecule has 4 aromatic rings. The van der Waals surface area contributed by atoms with Crippen molar-refractivity contribution in [3.05, 3.63) is 87.7 Å². The Morgan fingerprint density at radius 1 is 0.941 bits per heavy atom. The zero-order valence-corrected chi connectivity index (χ0v) is 39.3. The van der Waals surface area contributed by atoms with Crippen LogP contribution in [0, 0.1) is 24.7 Å². The van der Waals surface area contributed by atoms with E-state index in [-0.39, 0.29) is 42.3 Å². The molecule has 3 aliphatic heterocycles. The van der Waals surface area contributed by atoms with E-state index in [1.807, 2.05) is 21.9 Å². The number of likely N-dealkylation sites (tertiary alicyclic amines) is 2. The van der Waals surface area contributed by atoms with Crippen LogP contribution >= 0.6 is 11.6 Å². The van der Waals surface area contributed by atoms with Crippen LogP contribution in [0.4, 0.5) is 35.2 Å². The van der Waals surface area contributed by atoms with Gasteiger partial charge in [0.2, 0.25) is 11.8 Å². The van der Waals surface area contributed by atoms with Gasteiger partial charge in [-0.15, -0.1) is 0 Å². The third kappa shape index (κ3) is 11.2. The molecule has 4 aliphatic rings. The summed E-state index contributed by atoms with van der Waals surface area (Å²) < 4.78 is 52.8. The van der Waals surface area contributed by atoms with Crippen LogP contribution in [-0.2, 0) is 20.5 Å². The number of anilines is 3. The predicted octanol–water partition coefficient (Wildman–Crippen LogP) is 9.20. The van der Waals surface area contributed by atoms with E-state index in [4.69, 9.17) is 26.8 Å². The number of alkyl halides is 3. The number of carbonyl (C=O) groups is 4. The molecule has 3 fully saturated rings. The number of halogens is 4. The van der Waals surface area contributed by atoms with Gasteiger partial charge in [0.15, 0.2) is 0 Å². The van der Waals surface area contributed by atoms with Gasteiger partial charge in [-0.3, -0.25) is 24.6 Å². The molecule has 5 amide bonds. The molecule has 362 valence electrons. The zero-order valence-electron chi connectivity index (χ0n) is 38.6. The molecule has 2 unspecified atom stereocenters. The van der Waals surface area contributed by atoms with Crippen molar-refractivity contribution >= 4 is 69.0 Å². The third-order valence-electron chi connectivity index (χ3n) is 13.8. The number of fused-ring (bicyclic) bond motifs is 1. The minimum Gasteiger partial charge on any atom is -0.496 e. The highest BCUT2D eigenvalue weighted by atomic mass is 35.5. The summed E-state index contributed by atoms with van der Waals surface area (Å²) >= 11 is 6.39. The van der Waals surface area contributed by atoms with Crippen LogP contribution in [0.3, 0.4) is 0 Å². The number of hydrogen-bond donors (Lipinski definition) is 3. The van der Waals surface area contributed by atoms with Gasteiger partial charge in [-0.2, -0.15) is 13.2 Å². The number of allylic oxidation sites excluding steroid dienone is 2. The van der Waals surface area contributed by atoms with E-state index in [2.05, 4.69) is 26.7 Å². The average Bonchev–Trinajstić information content (AvgIpc) is 3.32. The first-order valence-corrected chi connectivity index (χ1v) is 23.8. The van der Waals surface area contributed by atoms with Crippen molar-refractivity contribution in [1.29, 1.82) is 0 Å². The van der Waals surface area contributed by atoms with Crippen LogP contribution in [0.5, 0.6) is 5.75 Å². The lowest BCUT2D eigenvalue weighted by Gasteiger charge is -2.35. The number of piperidine rings is 2. The SMILES string of the molecule is COc1cc2nc(C)nc(NC(C)c3cc(N)cc(C(F)(F)F)c3)c2cc1C1=CCC(C(=O)N2CCC(CCOCC3CCN(C(=O)c4ccc(Cl)c(N5CCC(=O)NC5=O)c4)CC3)CC2)CC1. The fourth-order valence-electron chi connectivity index (χ4n) is 9.82. The van der Waals surface area contributed by atoms with Crippen LogP contribution in [0.1, 0.15) is 104 Å². The lowest BCUT2D eigenvalue weighted by molar-refractivity contribution is -0.138. The highest BCUT2D eigenvalue weighted by Gasteiger charge is 2.33. The van der Waals surface area contributed by atoms with E-state index >= 15 is 0 Å². The molecule has 3 aromatic carbocycles. The quantitative estimate of drug-likeness (QED) is 0.0867. The number of nitrogen functional groups attached to an aromatic ring is 1. The first kappa shape index (κ1) is 48.5. The molecule has 3 saturated heterocycles. The van der Waals surface area contributed by atoms with Gasteiger partial charge in [0.05, 0.1) is 34.9 Å². The van der Waals surface area contributed by atoms with Crippen LogP contribution in [0.2, 0.25) is 5.02 Å². The lowest BCUT2D eigenvalue weighted by Crippen LogP contribution is -2.49. The molecule has 0 spiro atoms. The summed E-state index contributed by atoms with van der Waals surface area (Å²) in [5, 5.41) is 6.62. The van der Waals surface area contributed by atoms with Crippen molar-refractivity contribution in [3.63, 3.8) is 0 Å². The van der Waals surface area contributed by atoms with Gasteiger partial charge >= 0.3 is 12.2 Å². The fourth-order valence-corrected chi connectivity index (χ4v) is 10.0. The number of aromatic nitrogens is 2. The number of ether oxygens (including phenoxy) is 2. The largest absolute Gasteiger partial charge is 0.496 e. The van der Waals surface area contributed by atoms with E-state index < -0.39 is 23.8 Å². The Morgan fingerprint density at radius 3 is 2.37 bits per heavy atom. The number of carbonyl (C=O) groups excluding carboxylic acids is 4. The van der Waals surface area contributed by atoms with E-state index in [1.54, 1.807) is 39.2 Å². The number of aryl methyl sites for hydroxylation is 1. The van der Waals surface area contributed by atoms with Crippen molar-refractivity contribution in [2.45, 2.75) is 83.9 Å². The first-order chi connectivity index (χ1) is 32.5. The number of nitrogens with two attached hydrogens (primary N) is 1. The van der Waals surface area contributed by atoms with Crippen molar-refractivity contribution in [2.24, 2.45) is 17.8 Å². The molecular weight excluding hydrogens is 901 g/mol. The topological polar surface area (TPSA) is 172 Å². The minimum atomic E-state index is -4.54. The molecule has 14 nitrogen and oxygen atoms in total. The molecule has 2 atom stereocenters. The maximum absolute atomic E-state index is 13.8. The molecular formula is C50H58ClF3N8O6. The predicted molar refractivity (Wildman–Crippen MR) is 254 cm³/mol. The Balaban J connectivity index is 0.786. The summed E-state index contributed by atoms with van der Waals surface area (Å²) in [4.78, 5) is 65.7. The Bertz CT molecular complexity index is 2590. The highest BCUT2D eigenvalue weighted by Crippen LogP contribution is 2.40. The monoisotopic (exact) mass is 958 g/mol. The second-order valence-corrected chi connectivity index (χ2v) is 18.8. The summed E-state index contributed by atoms with van der Waals surface area (Å²) in [7, 11) is 1.60. The van der Waals surface area contributed by atoms with Crippen molar-refractivity contribution in [1.82, 2.24) is 25.1 Å². The van der Waals surface area contributed by atoms with E-state index in [9.17, 15) is 32.3 Å². The summed E-state index contributed by atoms with van der Waals surface area (Å²) in [6.07, 6.45) is 4.17. The molecule has 4 N–H and O–H groups in total. The normalized spacial score (nSPS) is 19.2. The second kappa shape index (κ2) is 20.7. The fraction of sp³-hybridized carbons (Fsp3) is 0.480. The minimum absolute atomic E-state index is 0.0206. The summed E-state index contributed by atoms with van der Waals surface area (Å²) in [5.41, 5.74) is 8.83. The summed E-state index contributed by atoms with van der Waals surface area (Å²) in [6.45, 7) is 7.66. The van der Waals surface area contributed by atoms with Crippen LogP contribution < -0.4 is 26.0 Å². The number of nitrogens with zero attached hydrogens (tertiary/aromatic N) is 5. The highest BCUT2D eigenvalue weighted by molar-refractivity contribution is 6.34. The van der Waals surface area contributed by atoms with Gasteiger partial charge in [-0.1, -0.05) is 17.7 Å². The number of rotatable bonds is 13. The van der Waals surface area contributed by atoms with E-state index in [1.165, 1.54) is 11.0 Å². The number of benzene rings is 3. The van der Waals surface area contributed by atoms with Gasteiger partial charge in [-0.25, -0.2) is 14.8 Å². The number of methoxy groups -OCH3 is 1. The third-order valence-corrected chi connectivity index (χ3v) is 14.1. The molecule has 0 bridgehead atoms. The van der Waals surface area contributed by atoms with Gasteiger partial charge in [0, 0.05) is 86.5 Å². The second-order valence-electron chi connectivity index (χ2n) is 18.4. The van der Waals surface area contributed by atoms with Gasteiger partial charge in [0.1, 0.15) is 17.4 Å². The Kier molecular flexibility index (Phi) is 14.8. The van der Waals surface area contributed by atoms with Crippen LogP contribution in [0.15, 0.2) is 54.6 Å². The summed E-state index contributed by atoms with van der Waals surface area (Å²) in [6, 6.07) is 11.1. The van der Waals surface area contributed by atoms with Crippen LogP contribution in [0.25, 0.3) is 16.5 Å². The summed E-state index contributed by atoms with van der Waals surface area (Å²) in [5.74, 6) is 2.05. The molecule has 8 rings (SSSR count). The zero-order chi connectivity index (χ0) is 48.3. The average molecular weight is 960 g/mol. The molecule has 0 radical (unpaired) electrons. The molecule has 4 heterocycles. The molecule has 1 aromatic heterocycles. The van der Waals surface area contributed by atoms with Crippen molar-refractivity contribution in [3.8, 4) is 5.75 Å². The number of nitrogens with one attached hydrogen (secondary N) is 2. The molecule has 18 heteroatoms. The van der Waals surface area contributed by atoms with Gasteiger partial charge in [0.25, 0.3) is 5.91 Å². The Hall–Kier alpha value is -5.94. The van der Waals surface area contributed by atoms with E-state index in [0.717, 1.165) is 68.5 Å². The van der Waals surface area contributed by atoms with Crippen molar-refractivity contribution < 1.29 is 41.8 Å². The Morgan fingerprint density at radius 2 is 1.68 bits per heavy atom. The van der Waals surface area contributed by atoms with Gasteiger partial charge in [-0.05, 0) is 131 Å². The molecule has 0 saturated carbocycles. The Labute approximate surface area is 398 Å². The maximum Gasteiger partial charge on any atom is 0.416 e. The number of urea groups is 1. The molecule has 68 heavy (non-hydrogen) atoms. The number of imide groups is 1. The van der Waals surface area contributed by atoms with Crippen LogP contribution in [-0.4, -0.2) is 96.6 Å². The van der Waals surface area contributed by atoms with Gasteiger partial charge < -0.3 is 30.3 Å². The maximum atomic E-state index is 13.8. The lowest BCUT2D eigenvalue weighted by atomic mass is 9.84. The molecule has 1 aliphatic carbocycles. The smallest absolute Gasteiger partial charge is 0.416 e. The first-order valence-electron chi connectivity index (χ1n) is 23.4. The van der Waals surface area contributed by atoms with Crippen molar-refractivity contribution in [2.75, 3.05) is 69.0 Å². The number of hydrogen-bond acceptors (Lipinski definition) is 10. The standard InChI is InChI=1S/C50H58ClF3N8O6/c1-29(36-22-37(50(52,53)54)25-38(55)23-36)56-46-40-26-39(44(67-3)27-42(40)57-30(2)58-46)33-4-6-34(7-5-33)47(64)60-16-10-31(11-17-60)15-21-68-28-32-12-18-61(19-13-32)48(65)35-8-9-41(51)43(24-35)62-20-14-45(63)59-49(62)66/h4,8-9,22-27,29,31-32,34H,5-7,10-21,28,55H2,1-3H3,(H,56,57,58)(H,59,63,66). The van der Waals surface area contributed by atoms with E-state index in [0.29, 0.717) is 108 Å². The number of amides is 5.